The van der Waals surface area contributed by atoms with Crippen molar-refractivity contribution in [3.63, 3.8) is 0 Å². The van der Waals surface area contributed by atoms with Crippen molar-refractivity contribution in [2.24, 2.45) is 11.8 Å². The average Bonchev–Trinajstić information content (AvgIpc) is 3.08. The Balaban J connectivity index is 1.62. The van der Waals surface area contributed by atoms with Crippen LogP contribution >= 0.6 is 0 Å². The van der Waals surface area contributed by atoms with E-state index in [1.165, 1.54) is 33.7 Å². The number of benzene rings is 2. The van der Waals surface area contributed by atoms with Crippen molar-refractivity contribution in [1.29, 1.82) is 0 Å². The zero-order valence-corrected chi connectivity index (χ0v) is 18.0. The van der Waals surface area contributed by atoms with E-state index in [1.807, 2.05) is 0 Å². The highest BCUT2D eigenvalue weighted by atomic mass is 19.1. The molecule has 34 heavy (non-hydrogen) atoms. The van der Waals surface area contributed by atoms with Crippen LogP contribution in [0, 0.1) is 17.7 Å². The fourth-order valence-electron chi connectivity index (χ4n) is 5.26. The maximum atomic E-state index is 14.4. The quantitative estimate of drug-likeness (QED) is 0.551. The summed E-state index contributed by atoms with van der Waals surface area (Å²) in [5, 5.41) is 22.9. The molecule has 2 aliphatic heterocycles. The molecule has 174 valence electrons. The van der Waals surface area contributed by atoms with Gasteiger partial charge in [0.1, 0.15) is 5.82 Å². The third kappa shape index (κ3) is 3.36. The van der Waals surface area contributed by atoms with Gasteiger partial charge in [0, 0.05) is 36.0 Å². The lowest BCUT2D eigenvalue weighted by molar-refractivity contribution is -0.144. The topological polar surface area (TPSA) is 112 Å². The zero-order valence-electron chi connectivity index (χ0n) is 18.0. The number of carboxylic acid groups (broad SMARTS) is 1. The number of fused-ring (bicyclic) bond motifs is 4. The molecule has 1 aromatic heterocycles. The number of amides is 2. The molecule has 2 bridgehead atoms. The highest BCUT2D eigenvalue weighted by Crippen LogP contribution is 2.48. The van der Waals surface area contributed by atoms with Gasteiger partial charge in [0.2, 0.25) is 0 Å². The second-order valence-corrected chi connectivity index (χ2v) is 8.49. The van der Waals surface area contributed by atoms with E-state index in [4.69, 9.17) is 0 Å². The molecule has 4 atom stereocenters. The third-order valence-corrected chi connectivity index (χ3v) is 6.75. The highest BCUT2D eigenvalue weighted by Gasteiger charge is 2.57. The lowest BCUT2D eigenvalue weighted by atomic mass is 9.87. The first-order valence-electron chi connectivity index (χ1n) is 10.9. The van der Waals surface area contributed by atoms with Gasteiger partial charge < -0.3 is 25.0 Å². The number of carbonyl (C=O) groups excluding carboxylic acids is 1. The number of anilines is 1. The van der Waals surface area contributed by atoms with Gasteiger partial charge in [-0.1, -0.05) is 36.4 Å². The van der Waals surface area contributed by atoms with Gasteiger partial charge in [-0.2, -0.15) is 0 Å². The molecule has 3 aromatic rings. The molecule has 0 spiro atoms. The molecule has 8 nitrogen and oxygen atoms in total. The van der Waals surface area contributed by atoms with Crippen LogP contribution in [0.25, 0.3) is 11.1 Å². The number of carbonyl (C=O) groups is 2. The predicted molar refractivity (Wildman–Crippen MR) is 122 cm³/mol. The molecule has 9 heteroatoms. The zero-order chi connectivity index (χ0) is 24.0. The van der Waals surface area contributed by atoms with Crippen molar-refractivity contribution in [2.75, 3.05) is 11.9 Å². The van der Waals surface area contributed by atoms with E-state index in [1.54, 1.807) is 42.5 Å². The van der Waals surface area contributed by atoms with Crippen LogP contribution < -0.4 is 10.9 Å². The number of nitrogens with zero attached hydrogens (tertiary/aromatic N) is 2. The Bertz CT molecular complexity index is 1330. The average molecular weight is 463 g/mol. The van der Waals surface area contributed by atoms with Gasteiger partial charge in [0.05, 0.1) is 23.6 Å². The summed E-state index contributed by atoms with van der Waals surface area (Å²) in [5.74, 6) is -3.59. The fraction of sp³-hybridized carbons (Fsp3) is 0.240. The first-order valence-corrected chi connectivity index (χ1v) is 10.9. The van der Waals surface area contributed by atoms with Gasteiger partial charge in [0.15, 0.2) is 0 Å². The minimum Gasteiger partial charge on any atom is -0.481 e. The largest absolute Gasteiger partial charge is 0.481 e. The summed E-state index contributed by atoms with van der Waals surface area (Å²) < 4.78 is 15.8. The summed E-state index contributed by atoms with van der Waals surface area (Å²) in [6, 6.07) is 15.5. The van der Waals surface area contributed by atoms with Gasteiger partial charge in [-0.25, -0.2) is 9.18 Å². The second kappa shape index (κ2) is 8.42. The number of aromatic nitrogens is 1. The van der Waals surface area contributed by atoms with E-state index in [0.29, 0.717) is 11.4 Å². The number of rotatable bonds is 4. The molecular weight excluding hydrogens is 441 g/mol. The number of hydrogen-bond donors (Lipinski definition) is 3. The molecule has 2 aliphatic rings. The molecular formula is C25H22FN3O5. The van der Waals surface area contributed by atoms with E-state index in [0.717, 1.165) is 0 Å². The molecule has 0 unspecified atom stereocenters. The molecule has 3 heterocycles. The van der Waals surface area contributed by atoms with Crippen LogP contribution in [-0.2, 0) is 11.3 Å². The number of nitrogens with one attached hydrogen (secondary N) is 1. The lowest BCUT2D eigenvalue weighted by Gasteiger charge is -2.38. The Hall–Kier alpha value is -3.98. The molecule has 2 amide bonds. The minimum atomic E-state index is -1.16. The number of pyridine rings is 1. The van der Waals surface area contributed by atoms with Crippen molar-refractivity contribution >= 4 is 17.7 Å². The summed E-state index contributed by atoms with van der Waals surface area (Å²) in [4.78, 5) is 40.4. The summed E-state index contributed by atoms with van der Waals surface area (Å²) in [6.45, 7) is -0.472. The molecule has 3 N–H and O–H groups in total. The summed E-state index contributed by atoms with van der Waals surface area (Å²) in [6.07, 6.45) is 0. The van der Waals surface area contributed by atoms with Crippen LogP contribution in [0.3, 0.4) is 0 Å². The van der Waals surface area contributed by atoms with Crippen LogP contribution in [0.1, 0.15) is 11.7 Å². The van der Waals surface area contributed by atoms with Crippen LogP contribution in [0.15, 0.2) is 71.5 Å². The summed E-state index contributed by atoms with van der Waals surface area (Å²) >= 11 is 0. The SMILES string of the molecule is O=C(O)[C@H]1[C@H](CO)[C@H]2Cn3c(ccc(-c4ccccc4F)c3=O)[C@@H]1N2C(=O)Nc1ccccc1. The van der Waals surface area contributed by atoms with Gasteiger partial charge in [-0.15, -0.1) is 0 Å². The van der Waals surface area contributed by atoms with Gasteiger partial charge in [-0.05, 0) is 30.3 Å². The molecule has 0 saturated carbocycles. The number of hydrogen-bond acceptors (Lipinski definition) is 4. The number of para-hydroxylation sites is 1. The number of carboxylic acids is 1. The molecule has 0 radical (unpaired) electrons. The Morgan fingerprint density at radius 2 is 1.71 bits per heavy atom. The number of aliphatic hydroxyl groups excluding tert-OH is 1. The smallest absolute Gasteiger partial charge is 0.322 e. The molecule has 0 aliphatic carbocycles. The Kier molecular flexibility index (Phi) is 5.41. The minimum absolute atomic E-state index is 0.00975. The van der Waals surface area contributed by atoms with Crippen molar-refractivity contribution in [1.82, 2.24) is 9.47 Å². The first-order chi connectivity index (χ1) is 16.4. The van der Waals surface area contributed by atoms with Crippen molar-refractivity contribution in [2.45, 2.75) is 18.6 Å². The number of halogens is 1. The van der Waals surface area contributed by atoms with E-state index in [2.05, 4.69) is 5.32 Å². The molecule has 5 rings (SSSR count). The Morgan fingerprint density at radius 3 is 2.38 bits per heavy atom. The maximum Gasteiger partial charge on any atom is 0.322 e. The van der Waals surface area contributed by atoms with E-state index < -0.39 is 53.9 Å². The summed E-state index contributed by atoms with van der Waals surface area (Å²) in [7, 11) is 0. The monoisotopic (exact) mass is 463 g/mol. The predicted octanol–water partition coefficient (Wildman–Crippen LogP) is 2.93. The van der Waals surface area contributed by atoms with Crippen LogP contribution in [-0.4, -0.2) is 44.3 Å². The van der Waals surface area contributed by atoms with E-state index >= 15 is 0 Å². The third-order valence-electron chi connectivity index (χ3n) is 6.75. The highest BCUT2D eigenvalue weighted by molar-refractivity contribution is 5.91. The van der Waals surface area contributed by atoms with Gasteiger partial charge in [-0.3, -0.25) is 9.59 Å². The van der Waals surface area contributed by atoms with Gasteiger partial charge >= 0.3 is 12.0 Å². The normalized spacial score (nSPS) is 22.8. The maximum absolute atomic E-state index is 14.4. The van der Waals surface area contributed by atoms with Crippen LogP contribution in [0.4, 0.5) is 14.9 Å². The van der Waals surface area contributed by atoms with Crippen LogP contribution in [0.5, 0.6) is 0 Å². The van der Waals surface area contributed by atoms with E-state index in [-0.39, 0.29) is 17.7 Å². The lowest BCUT2D eigenvalue weighted by Crippen LogP contribution is -2.50. The van der Waals surface area contributed by atoms with Crippen molar-refractivity contribution in [3.05, 3.63) is 88.6 Å². The number of aliphatic hydroxyl groups is 1. The number of aliphatic carboxylic acids is 1. The second-order valence-electron chi connectivity index (χ2n) is 8.49. The van der Waals surface area contributed by atoms with Crippen LogP contribution in [0.2, 0.25) is 0 Å². The standard InChI is InChI=1S/C25H22FN3O5/c26-18-9-5-4-8-15(18)16-10-11-19-22-21(24(32)33)17(13-30)20(12-28(19)23(16)31)29(22)25(34)27-14-6-2-1-3-7-14/h1-11,17,20-22,30H,12-13H2,(H,27,34)(H,32,33)/t17-,20-,21+,22+/m1/s1. The van der Waals surface area contributed by atoms with Crippen molar-refractivity contribution < 1.29 is 24.2 Å². The summed E-state index contributed by atoms with van der Waals surface area (Å²) in [5.41, 5.74) is 0.706. The molecule has 1 fully saturated rings. The van der Waals surface area contributed by atoms with Crippen molar-refractivity contribution in [3.8, 4) is 11.1 Å². The van der Waals surface area contributed by atoms with Gasteiger partial charge in [0.25, 0.3) is 5.56 Å². The fourth-order valence-corrected chi connectivity index (χ4v) is 5.26. The Morgan fingerprint density at radius 1 is 1.00 bits per heavy atom. The Labute approximate surface area is 193 Å². The number of urea groups is 1. The first kappa shape index (κ1) is 21.8. The molecule has 2 aromatic carbocycles. The molecule has 1 saturated heterocycles. The van der Waals surface area contributed by atoms with E-state index in [9.17, 15) is 29.0 Å².